The van der Waals surface area contributed by atoms with Crippen LogP contribution in [-0.4, -0.2) is 11.1 Å². The normalized spacial score (nSPS) is 21.0. The molecule has 1 heterocycles. The predicted molar refractivity (Wildman–Crippen MR) is 79.9 cm³/mol. The Morgan fingerprint density at radius 3 is 2.80 bits per heavy atom. The van der Waals surface area contributed by atoms with Crippen LogP contribution < -0.4 is 0 Å². The smallest absolute Gasteiger partial charge is 0.235 e. The lowest BCUT2D eigenvalue weighted by Gasteiger charge is -2.23. The zero-order valence-corrected chi connectivity index (χ0v) is 12.1. The first-order valence-corrected chi connectivity index (χ1v) is 8.13. The van der Waals surface area contributed by atoms with E-state index >= 15 is 0 Å². The molecule has 2 saturated carbocycles. The van der Waals surface area contributed by atoms with Gasteiger partial charge in [0, 0.05) is 11.5 Å². The summed E-state index contributed by atoms with van der Waals surface area (Å²) < 4.78 is 1.23. The third-order valence-electron chi connectivity index (χ3n) is 4.55. The fourth-order valence-corrected chi connectivity index (χ4v) is 4.50. The Balaban J connectivity index is 1.91. The van der Waals surface area contributed by atoms with E-state index in [1.165, 1.54) is 22.5 Å². The number of benzene rings is 1. The van der Waals surface area contributed by atoms with Crippen LogP contribution in [0.25, 0.3) is 10.2 Å². The highest BCUT2D eigenvalue weighted by Gasteiger charge is 2.38. The molecule has 0 amide bonds. The van der Waals surface area contributed by atoms with Gasteiger partial charge < -0.3 is 0 Å². The van der Waals surface area contributed by atoms with E-state index in [9.17, 15) is 4.79 Å². The van der Waals surface area contributed by atoms with E-state index in [2.05, 4.69) is 23.2 Å². The summed E-state index contributed by atoms with van der Waals surface area (Å²) in [4.78, 5) is 20.0. The average Bonchev–Trinajstić information content (AvgIpc) is 3.04. The molecule has 20 heavy (non-hydrogen) atoms. The molecule has 0 aliphatic heterocycles. The molecule has 0 unspecified atom stereocenters. The van der Waals surface area contributed by atoms with Crippen molar-refractivity contribution in [3.05, 3.63) is 28.8 Å². The molecule has 0 saturated heterocycles. The molecule has 0 atom stereocenters. The number of isocyanates is 1. The third-order valence-corrected chi connectivity index (χ3v) is 5.74. The molecule has 0 bridgehead atoms. The molecule has 1 aromatic carbocycles. The van der Waals surface area contributed by atoms with Crippen LogP contribution in [0.1, 0.15) is 55.0 Å². The van der Waals surface area contributed by atoms with Gasteiger partial charge in [0.05, 0.1) is 15.2 Å². The van der Waals surface area contributed by atoms with E-state index in [4.69, 9.17) is 4.98 Å². The molecule has 2 aliphatic rings. The number of thiazole rings is 1. The summed E-state index contributed by atoms with van der Waals surface area (Å²) in [5.74, 6) is 0.675. The van der Waals surface area contributed by atoms with E-state index in [0.717, 1.165) is 36.8 Å². The molecule has 2 aromatic rings. The fraction of sp³-hybridized carbons (Fsp3) is 0.500. The summed E-state index contributed by atoms with van der Waals surface area (Å²) in [5.41, 5.74) is 1.84. The van der Waals surface area contributed by atoms with Gasteiger partial charge in [-0.3, -0.25) is 0 Å². The topological polar surface area (TPSA) is 42.3 Å². The van der Waals surface area contributed by atoms with Gasteiger partial charge in [-0.15, -0.1) is 11.3 Å². The highest BCUT2D eigenvalue weighted by molar-refractivity contribution is 7.18. The second-order valence-corrected chi connectivity index (χ2v) is 6.98. The summed E-state index contributed by atoms with van der Waals surface area (Å²) >= 11 is 1.81. The average molecular weight is 284 g/mol. The number of aromatic nitrogens is 1. The third kappa shape index (κ3) is 1.83. The first-order valence-electron chi connectivity index (χ1n) is 7.31. The fourth-order valence-electron chi connectivity index (χ4n) is 3.33. The van der Waals surface area contributed by atoms with E-state index in [-0.39, 0.29) is 5.54 Å². The van der Waals surface area contributed by atoms with Gasteiger partial charge >= 0.3 is 0 Å². The van der Waals surface area contributed by atoms with Gasteiger partial charge in [0.15, 0.2) is 0 Å². The largest absolute Gasteiger partial charge is 0.241 e. The molecular formula is C16H16N2OS. The molecule has 2 fully saturated rings. The zero-order valence-electron chi connectivity index (χ0n) is 11.3. The van der Waals surface area contributed by atoms with Gasteiger partial charge in [-0.1, -0.05) is 25.0 Å². The molecule has 0 N–H and O–H groups in total. The van der Waals surface area contributed by atoms with Crippen LogP contribution in [0.15, 0.2) is 23.2 Å². The van der Waals surface area contributed by atoms with Gasteiger partial charge in [0.1, 0.15) is 5.54 Å². The van der Waals surface area contributed by atoms with Crippen molar-refractivity contribution in [2.45, 2.75) is 50.0 Å². The second kappa shape index (κ2) is 4.51. The molecule has 0 radical (unpaired) electrons. The highest BCUT2D eigenvalue weighted by Crippen LogP contribution is 2.47. The first kappa shape index (κ1) is 12.2. The second-order valence-electron chi connectivity index (χ2n) is 5.92. The maximum Gasteiger partial charge on any atom is 0.235 e. The monoisotopic (exact) mass is 284 g/mol. The van der Waals surface area contributed by atoms with Crippen LogP contribution in [0.5, 0.6) is 0 Å². The zero-order chi connectivity index (χ0) is 13.6. The number of hydrogen-bond donors (Lipinski definition) is 0. The Bertz CT molecular complexity index is 704. The summed E-state index contributed by atoms with van der Waals surface area (Å²) in [5, 5.41) is 1.26. The molecule has 0 spiro atoms. The first-order chi connectivity index (χ1) is 9.82. The lowest BCUT2D eigenvalue weighted by molar-refractivity contribution is 0.459. The molecular weight excluding hydrogens is 268 g/mol. The summed E-state index contributed by atoms with van der Waals surface area (Å²) in [6.07, 6.45) is 8.48. The van der Waals surface area contributed by atoms with Crippen molar-refractivity contribution in [1.29, 1.82) is 0 Å². The van der Waals surface area contributed by atoms with Crippen LogP contribution in [-0.2, 0) is 10.3 Å². The van der Waals surface area contributed by atoms with Gasteiger partial charge in [-0.05, 0) is 31.7 Å². The molecule has 2 aliphatic carbocycles. The minimum Gasteiger partial charge on any atom is -0.241 e. The molecule has 4 heteroatoms. The maximum atomic E-state index is 10.9. The van der Waals surface area contributed by atoms with Crippen molar-refractivity contribution >= 4 is 27.6 Å². The van der Waals surface area contributed by atoms with Crippen LogP contribution in [0, 0.1) is 0 Å². The number of aliphatic imine (C=N–C) groups is 1. The number of rotatable bonds is 3. The SMILES string of the molecule is O=C=NC1(c2cccc3sc(C4CC4)nc23)CCCC1. The number of para-hydroxylation sites is 1. The Morgan fingerprint density at radius 2 is 2.10 bits per heavy atom. The molecule has 3 nitrogen and oxygen atoms in total. The molecule has 1 aromatic heterocycles. The van der Waals surface area contributed by atoms with Gasteiger partial charge in [0.2, 0.25) is 6.08 Å². The standard InChI is InChI=1S/C16H16N2OS/c19-10-17-16(8-1-2-9-16)12-4-3-5-13-14(12)18-15(20-13)11-6-7-11/h3-5,11H,1-2,6-9H2. The number of fused-ring (bicyclic) bond motifs is 1. The van der Waals surface area contributed by atoms with Crippen LogP contribution in [0.2, 0.25) is 0 Å². The Morgan fingerprint density at radius 1 is 1.30 bits per heavy atom. The van der Waals surface area contributed by atoms with Crippen molar-refractivity contribution in [2.75, 3.05) is 0 Å². The number of carbonyl (C=O) groups excluding carboxylic acids is 1. The van der Waals surface area contributed by atoms with Crippen LogP contribution in [0.4, 0.5) is 0 Å². The van der Waals surface area contributed by atoms with E-state index in [0.29, 0.717) is 5.92 Å². The lowest BCUT2D eigenvalue weighted by atomic mass is 9.88. The summed E-state index contributed by atoms with van der Waals surface area (Å²) in [6, 6.07) is 6.31. The van der Waals surface area contributed by atoms with Gasteiger partial charge in [-0.25, -0.2) is 9.78 Å². The quantitative estimate of drug-likeness (QED) is 0.623. The van der Waals surface area contributed by atoms with Gasteiger partial charge in [0.25, 0.3) is 0 Å². The summed E-state index contributed by atoms with van der Waals surface area (Å²) in [6.45, 7) is 0. The van der Waals surface area contributed by atoms with E-state index in [1.807, 2.05) is 0 Å². The van der Waals surface area contributed by atoms with Gasteiger partial charge in [-0.2, -0.15) is 4.99 Å². The Hall–Kier alpha value is -1.51. The molecule has 102 valence electrons. The van der Waals surface area contributed by atoms with Crippen molar-refractivity contribution in [1.82, 2.24) is 4.98 Å². The Kier molecular flexibility index (Phi) is 2.76. The predicted octanol–water partition coefficient (Wildman–Crippen LogP) is 4.28. The van der Waals surface area contributed by atoms with Crippen molar-refractivity contribution in [3.63, 3.8) is 0 Å². The number of hydrogen-bond acceptors (Lipinski definition) is 4. The number of nitrogens with zero attached hydrogens (tertiary/aromatic N) is 2. The maximum absolute atomic E-state index is 10.9. The van der Waals surface area contributed by atoms with Crippen molar-refractivity contribution in [2.24, 2.45) is 4.99 Å². The van der Waals surface area contributed by atoms with Crippen LogP contribution >= 0.6 is 11.3 Å². The molecule has 4 rings (SSSR count). The minimum absolute atomic E-state index is 0.365. The Labute approximate surface area is 121 Å². The van der Waals surface area contributed by atoms with E-state index in [1.54, 1.807) is 17.4 Å². The van der Waals surface area contributed by atoms with E-state index < -0.39 is 0 Å². The van der Waals surface area contributed by atoms with Crippen LogP contribution in [0.3, 0.4) is 0 Å². The van der Waals surface area contributed by atoms with Crippen molar-refractivity contribution < 1.29 is 4.79 Å². The lowest BCUT2D eigenvalue weighted by Crippen LogP contribution is -2.19. The highest BCUT2D eigenvalue weighted by atomic mass is 32.1. The minimum atomic E-state index is -0.365. The van der Waals surface area contributed by atoms with Crippen molar-refractivity contribution in [3.8, 4) is 0 Å². The summed E-state index contributed by atoms with van der Waals surface area (Å²) in [7, 11) is 0.